The summed E-state index contributed by atoms with van der Waals surface area (Å²) in [5.74, 6) is -0.197. The van der Waals surface area contributed by atoms with Crippen LogP contribution in [0.25, 0.3) is 10.9 Å². The lowest BCUT2D eigenvalue weighted by Gasteiger charge is -2.10. The average molecular weight is 311 g/mol. The molecule has 3 heterocycles. The van der Waals surface area contributed by atoms with Gasteiger partial charge in [0.2, 0.25) is 0 Å². The predicted octanol–water partition coefficient (Wildman–Crippen LogP) is 2.90. The van der Waals surface area contributed by atoms with Crippen LogP contribution < -0.4 is 10.2 Å². The van der Waals surface area contributed by atoms with Crippen LogP contribution in [0.1, 0.15) is 5.56 Å². The highest BCUT2D eigenvalue weighted by Crippen LogP contribution is 2.27. The number of hydrogen-bond donors (Lipinski definition) is 2. The molecule has 4 rings (SSSR count). The van der Waals surface area contributed by atoms with E-state index in [1.165, 1.54) is 16.2 Å². The normalized spacial score (nSPS) is 18.2. The first kappa shape index (κ1) is 13.1. The largest absolute Gasteiger partial charge is 0.361 e. The van der Waals surface area contributed by atoms with Crippen molar-refractivity contribution in [3.63, 3.8) is 0 Å². The van der Waals surface area contributed by atoms with Crippen molar-refractivity contribution in [2.24, 2.45) is 0 Å². The number of thiophene rings is 1. The number of amides is 3. The fourth-order valence-corrected chi connectivity index (χ4v) is 3.53. The Balaban J connectivity index is 1.62. The van der Waals surface area contributed by atoms with Gasteiger partial charge in [0.1, 0.15) is 11.0 Å². The Hall–Kier alpha value is -2.60. The molecule has 0 spiro atoms. The van der Waals surface area contributed by atoms with Crippen LogP contribution in [0, 0.1) is 0 Å². The molecule has 1 saturated heterocycles. The van der Waals surface area contributed by atoms with E-state index in [2.05, 4.69) is 10.3 Å². The van der Waals surface area contributed by atoms with Crippen LogP contribution in [-0.4, -0.2) is 23.0 Å². The molecule has 0 radical (unpaired) electrons. The Morgan fingerprint density at radius 2 is 2.00 bits per heavy atom. The van der Waals surface area contributed by atoms with Crippen LogP contribution in [0.15, 0.2) is 48.0 Å². The zero-order chi connectivity index (χ0) is 15.1. The van der Waals surface area contributed by atoms with E-state index in [1.807, 2.05) is 41.9 Å². The molecule has 1 aromatic carbocycles. The number of benzene rings is 1. The van der Waals surface area contributed by atoms with E-state index in [1.54, 1.807) is 6.07 Å². The highest BCUT2D eigenvalue weighted by molar-refractivity contribution is 7.14. The van der Waals surface area contributed by atoms with Crippen molar-refractivity contribution in [3.8, 4) is 0 Å². The van der Waals surface area contributed by atoms with Gasteiger partial charge in [-0.15, -0.1) is 11.3 Å². The Labute approximate surface area is 130 Å². The third-order valence-electron chi connectivity index (χ3n) is 3.84. The fourth-order valence-electron chi connectivity index (χ4n) is 2.80. The molecule has 5 nitrogen and oxygen atoms in total. The zero-order valence-electron chi connectivity index (χ0n) is 11.6. The Kier molecular flexibility index (Phi) is 2.97. The van der Waals surface area contributed by atoms with E-state index in [0.29, 0.717) is 11.4 Å². The van der Waals surface area contributed by atoms with Gasteiger partial charge in [0.25, 0.3) is 5.91 Å². The second-order valence-electron chi connectivity index (χ2n) is 5.19. The molecule has 1 aliphatic heterocycles. The van der Waals surface area contributed by atoms with Crippen LogP contribution in [0.4, 0.5) is 9.80 Å². The maximum atomic E-state index is 12.5. The summed E-state index contributed by atoms with van der Waals surface area (Å²) in [6.45, 7) is 0. The monoisotopic (exact) mass is 311 g/mol. The van der Waals surface area contributed by atoms with Crippen LogP contribution in [0.5, 0.6) is 0 Å². The first-order valence-corrected chi connectivity index (χ1v) is 7.85. The molecule has 0 aliphatic carbocycles. The number of aromatic amines is 1. The number of fused-ring (bicyclic) bond motifs is 1. The van der Waals surface area contributed by atoms with Crippen LogP contribution in [-0.2, 0) is 11.2 Å². The highest BCUT2D eigenvalue weighted by atomic mass is 32.1. The zero-order valence-corrected chi connectivity index (χ0v) is 12.4. The second-order valence-corrected chi connectivity index (χ2v) is 6.12. The van der Waals surface area contributed by atoms with Crippen molar-refractivity contribution in [3.05, 3.63) is 53.5 Å². The molecular weight excluding hydrogens is 298 g/mol. The first-order chi connectivity index (χ1) is 10.7. The van der Waals surface area contributed by atoms with Gasteiger partial charge in [0.05, 0.1) is 0 Å². The summed E-state index contributed by atoms with van der Waals surface area (Å²) >= 11 is 1.38. The molecule has 3 aromatic rings. The number of aromatic nitrogens is 1. The van der Waals surface area contributed by atoms with E-state index in [-0.39, 0.29) is 11.9 Å². The number of para-hydroxylation sites is 1. The van der Waals surface area contributed by atoms with Gasteiger partial charge in [-0.2, -0.15) is 0 Å². The van der Waals surface area contributed by atoms with Gasteiger partial charge in [-0.1, -0.05) is 18.2 Å². The van der Waals surface area contributed by atoms with E-state index in [0.717, 1.165) is 16.5 Å². The summed E-state index contributed by atoms with van der Waals surface area (Å²) < 4.78 is 0. The maximum absolute atomic E-state index is 12.5. The molecule has 2 N–H and O–H groups in total. The maximum Gasteiger partial charge on any atom is 0.330 e. The molecule has 3 amide bonds. The van der Waals surface area contributed by atoms with Gasteiger partial charge < -0.3 is 10.3 Å². The molecule has 1 aliphatic rings. The van der Waals surface area contributed by atoms with Crippen molar-refractivity contribution in [2.75, 3.05) is 4.90 Å². The van der Waals surface area contributed by atoms with Gasteiger partial charge in [0.15, 0.2) is 0 Å². The Bertz CT molecular complexity index is 853. The lowest BCUT2D eigenvalue weighted by molar-refractivity contribution is -0.118. The molecular formula is C16H13N3O2S. The summed E-state index contributed by atoms with van der Waals surface area (Å²) in [4.78, 5) is 29.0. The third kappa shape index (κ3) is 2.00. The Morgan fingerprint density at radius 3 is 2.82 bits per heavy atom. The topological polar surface area (TPSA) is 65.2 Å². The van der Waals surface area contributed by atoms with E-state index in [4.69, 9.17) is 0 Å². The van der Waals surface area contributed by atoms with Gasteiger partial charge in [-0.3, -0.25) is 4.79 Å². The van der Waals surface area contributed by atoms with Gasteiger partial charge in [-0.25, -0.2) is 9.69 Å². The molecule has 0 bridgehead atoms. The van der Waals surface area contributed by atoms with Gasteiger partial charge in [-0.05, 0) is 29.1 Å². The average Bonchev–Trinajstić information content (AvgIpc) is 3.22. The number of anilines is 1. The number of hydrogen-bond acceptors (Lipinski definition) is 3. The number of H-pyrrole nitrogens is 1. The van der Waals surface area contributed by atoms with Crippen molar-refractivity contribution in [2.45, 2.75) is 12.5 Å². The lowest BCUT2D eigenvalue weighted by atomic mass is 10.1. The quantitative estimate of drug-likeness (QED) is 0.730. The molecule has 0 saturated carbocycles. The minimum atomic E-state index is -0.520. The van der Waals surface area contributed by atoms with Gasteiger partial charge >= 0.3 is 6.03 Å². The number of rotatable bonds is 3. The second kappa shape index (κ2) is 4.99. The Morgan fingerprint density at radius 1 is 1.14 bits per heavy atom. The van der Waals surface area contributed by atoms with Crippen molar-refractivity contribution >= 4 is 39.2 Å². The molecule has 6 heteroatoms. The smallest absolute Gasteiger partial charge is 0.330 e. The minimum Gasteiger partial charge on any atom is -0.361 e. The van der Waals surface area contributed by atoms with Crippen molar-refractivity contribution in [1.82, 2.24) is 10.3 Å². The number of urea groups is 1. The molecule has 1 atom stereocenters. The number of nitrogens with one attached hydrogen (secondary N) is 2. The highest BCUT2D eigenvalue weighted by Gasteiger charge is 2.39. The number of carbonyl (C=O) groups excluding carboxylic acids is 2. The third-order valence-corrected chi connectivity index (χ3v) is 4.70. The lowest BCUT2D eigenvalue weighted by Crippen LogP contribution is -2.32. The summed E-state index contributed by atoms with van der Waals surface area (Å²) in [6.07, 6.45) is 2.38. The van der Waals surface area contributed by atoms with Crippen LogP contribution in [0.2, 0.25) is 0 Å². The summed E-state index contributed by atoms with van der Waals surface area (Å²) in [6, 6.07) is 10.7. The fraction of sp³-hybridized carbons (Fsp3) is 0.125. The molecule has 22 heavy (non-hydrogen) atoms. The van der Waals surface area contributed by atoms with E-state index < -0.39 is 6.04 Å². The SMILES string of the molecule is O=C1NC(Cc2c[nH]c3ccccc23)C(=O)N1c1cccs1. The predicted molar refractivity (Wildman–Crippen MR) is 86.1 cm³/mol. The minimum absolute atomic E-state index is 0.197. The summed E-state index contributed by atoms with van der Waals surface area (Å²) in [5.41, 5.74) is 2.06. The van der Waals surface area contributed by atoms with E-state index >= 15 is 0 Å². The summed E-state index contributed by atoms with van der Waals surface area (Å²) in [7, 11) is 0. The molecule has 110 valence electrons. The van der Waals surface area contributed by atoms with Crippen molar-refractivity contribution in [1.29, 1.82) is 0 Å². The van der Waals surface area contributed by atoms with Gasteiger partial charge in [0, 0.05) is 23.5 Å². The molecule has 1 unspecified atom stereocenters. The number of carbonyl (C=O) groups is 2. The van der Waals surface area contributed by atoms with E-state index in [9.17, 15) is 9.59 Å². The number of nitrogens with zero attached hydrogens (tertiary/aromatic N) is 1. The van der Waals surface area contributed by atoms with Crippen LogP contribution in [0.3, 0.4) is 0 Å². The molecule has 2 aromatic heterocycles. The first-order valence-electron chi connectivity index (χ1n) is 6.97. The van der Waals surface area contributed by atoms with Crippen molar-refractivity contribution < 1.29 is 9.59 Å². The standard InChI is InChI=1S/C16H13N3O2S/c20-15-13(18-16(21)19(15)14-6-3-7-22-14)8-10-9-17-12-5-2-1-4-11(10)12/h1-7,9,13,17H,8H2,(H,18,21). The summed E-state index contributed by atoms with van der Waals surface area (Å²) in [5, 5.41) is 6.36. The molecule has 1 fully saturated rings. The van der Waals surface area contributed by atoms with Crippen LogP contribution >= 0.6 is 11.3 Å². The number of imide groups is 1.